The van der Waals surface area contributed by atoms with Gasteiger partial charge in [0.25, 0.3) is 5.91 Å². The van der Waals surface area contributed by atoms with Gasteiger partial charge in [0.15, 0.2) is 0 Å². The highest BCUT2D eigenvalue weighted by atomic mass is 32.1. The van der Waals surface area contributed by atoms with Crippen LogP contribution in [0.5, 0.6) is 0 Å². The summed E-state index contributed by atoms with van der Waals surface area (Å²) in [7, 11) is 0. The van der Waals surface area contributed by atoms with Crippen molar-refractivity contribution in [1.29, 1.82) is 0 Å². The SMILES string of the molecule is Cc1ccc2c(N)c(C(=O)NCC(C)(C)C)sc2c1. The highest BCUT2D eigenvalue weighted by Gasteiger charge is 2.18. The summed E-state index contributed by atoms with van der Waals surface area (Å²) in [4.78, 5) is 12.8. The van der Waals surface area contributed by atoms with Gasteiger partial charge >= 0.3 is 0 Å². The predicted molar refractivity (Wildman–Crippen MR) is 82.8 cm³/mol. The van der Waals surface area contributed by atoms with E-state index in [1.54, 1.807) is 0 Å². The van der Waals surface area contributed by atoms with E-state index in [0.717, 1.165) is 10.1 Å². The van der Waals surface area contributed by atoms with Gasteiger partial charge in [0.2, 0.25) is 0 Å². The van der Waals surface area contributed by atoms with Gasteiger partial charge in [-0.2, -0.15) is 0 Å². The van der Waals surface area contributed by atoms with Crippen molar-refractivity contribution in [2.24, 2.45) is 5.41 Å². The third kappa shape index (κ3) is 3.07. The minimum absolute atomic E-state index is 0.0672. The van der Waals surface area contributed by atoms with Crippen LogP contribution in [-0.2, 0) is 0 Å². The molecule has 0 atom stereocenters. The first-order chi connectivity index (χ1) is 8.78. The van der Waals surface area contributed by atoms with Gasteiger partial charge in [0.1, 0.15) is 4.88 Å². The number of nitrogens with one attached hydrogen (secondary N) is 1. The van der Waals surface area contributed by atoms with Gasteiger partial charge in [-0.05, 0) is 24.0 Å². The molecule has 0 bridgehead atoms. The number of benzene rings is 1. The maximum absolute atomic E-state index is 12.2. The molecule has 0 fully saturated rings. The van der Waals surface area contributed by atoms with E-state index in [2.05, 4.69) is 32.2 Å². The molecular formula is C15H20N2OS. The lowest BCUT2D eigenvalue weighted by Gasteiger charge is -2.18. The molecule has 0 saturated heterocycles. The van der Waals surface area contributed by atoms with Crippen LogP contribution in [0, 0.1) is 12.3 Å². The van der Waals surface area contributed by atoms with Crippen molar-refractivity contribution in [2.75, 3.05) is 12.3 Å². The zero-order valence-electron chi connectivity index (χ0n) is 11.8. The number of nitrogen functional groups attached to an aromatic ring is 1. The van der Waals surface area contributed by atoms with Crippen molar-refractivity contribution < 1.29 is 4.79 Å². The fourth-order valence-electron chi connectivity index (χ4n) is 1.82. The Bertz CT molecular complexity index is 623. The Balaban J connectivity index is 2.30. The average Bonchev–Trinajstić information content (AvgIpc) is 2.62. The molecule has 0 unspecified atom stereocenters. The van der Waals surface area contributed by atoms with Crippen LogP contribution in [0.15, 0.2) is 18.2 Å². The van der Waals surface area contributed by atoms with Crippen molar-refractivity contribution in [2.45, 2.75) is 27.7 Å². The third-order valence-corrected chi connectivity index (χ3v) is 4.04. The number of anilines is 1. The standard InChI is InChI=1S/C15H20N2OS/c1-9-5-6-10-11(7-9)19-13(12(10)16)14(18)17-8-15(2,3)4/h5-7H,8,16H2,1-4H3,(H,17,18). The van der Waals surface area contributed by atoms with Crippen LogP contribution >= 0.6 is 11.3 Å². The fraction of sp³-hybridized carbons (Fsp3) is 0.400. The van der Waals surface area contributed by atoms with Crippen LogP contribution in [0.1, 0.15) is 36.0 Å². The van der Waals surface area contributed by atoms with Gasteiger partial charge in [0, 0.05) is 16.6 Å². The third-order valence-electron chi connectivity index (χ3n) is 2.87. The van der Waals surface area contributed by atoms with Crippen LogP contribution in [0.3, 0.4) is 0 Å². The Morgan fingerprint density at radius 1 is 1.37 bits per heavy atom. The highest BCUT2D eigenvalue weighted by molar-refractivity contribution is 7.21. The van der Waals surface area contributed by atoms with Crippen molar-refractivity contribution in [3.8, 4) is 0 Å². The van der Waals surface area contributed by atoms with E-state index in [0.29, 0.717) is 17.1 Å². The molecule has 1 aromatic carbocycles. The number of fused-ring (bicyclic) bond motifs is 1. The number of carbonyl (C=O) groups is 1. The van der Waals surface area contributed by atoms with Gasteiger partial charge < -0.3 is 11.1 Å². The molecule has 1 amide bonds. The number of hydrogen-bond donors (Lipinski definition) is 2. The number of thiophene rings is 1. The lowest BCUT2D eigenvalue weighted by atomic mass is 9.97. The maximum atomic E-state index is 12.2. The average molecular weight is 276 g/mol. The summed E-state index contributed by atoms with van der Waals surface area (Å²) in [6, 6.07) is 6.07. The molecule has 3 nitrogen and oxygen atoms in total. The number of nitrogens with two attached hydrogens (primary N) is 1. The molecule has 0 aliphatic rings. The smallest absolute Gasteiger partial charge is 0.263 e. The second kappa shape index (κ2) is 4.85. The molecule has 1 aromatic heterocycles. The lowest BCUT2D eigenvalue weighted by Crippen LogP contribution is -2.32. The number of aryl methyl sites for hydroxylation is 1. The summed E-state index contributed by atoms with van der Waals surface area (Å²) in [6.07, 6.45) is 0. The van der Waals surface area contributed by atoms with E-state index < -0.39 is 0 Å². The van der Waals surface area contributed by atoms with Crippen LogP contribution in [0.25, 0.3) is 10.1 Å². The van der Waals surface area contributed by atoms with Gasteiger partial charge in [-0.1, -0.05) is 32.9 Å². The molecule has 0 aliphatic heterocycles. The second-order valence-electron chi connectivity index (χ2n) is 6.09. The van der Waals surface area contributed by atoms with Crippen LogP contribution < -0.4 is 11.1 Å². The van der Waals surface area contributed by atoms with E-state index in [9.17, 15) is 4.79 Å². The number of hydrogen-bond acceptors (Lipinski definition) is 3. The fourth-order valence-corrected chi connectivity index (χ4v) is 2.96. The molecule has 2 rings (SSSR count). The monoisotopic (exact) mass is 276 g/mol. The molecule has 1 heterocycles. The molecule has 19 heavy (non-hydrogen) atoms. The number of rotatable bonds is 2. The first kappa shape index (κ1) is 13.9. The lowest BCUT2D eigenvalue weighted by molar-refractivity contribution is 0.0944. The minimum atomic E-state index is -0.0775. The molecule has 0 radical (unpaired) electrons. The Kier molecular flexibility index (Phi) is 3.54. The molecule has 4 heteroatoms. The Morgan fingerprint density at radius 2 is 2.05 bits per heavy atom. The molecule has 0 spiro atoms. The zero-order chi connectivity index (χ0) is 14.2. The first-order valence-corrected chi connectivity index (χ1v) is 7.16. The van der Waals surface area contributed by atoms with Crippen molar-refractivity contribution in [3.63, 3.8) is 0 Å². The Morgan fingerprint density at radius 3 is 2.68 bits per heavy atom. The summed E-state index contributed by atoms with van der Waals surface area (Å²) in [5.74, 6) is -0.0775. The van der Waals surface area contributed by atoms with E-state index in [1.165, 1.54) is 16.9 Å². The predicted octanol–water partition coefficient (Wildman–Crippen LogP) is 3.57. The minimum Gasteiger partial charge on any atom is -0.397 e. The van der Waals surface area contributed by atoms with Gasteiger partial charge in [-0.15, -0.1) is 11.3 Å². The van der Waals surface area contributed by atoms with Gasteiger partial charge in [-0.25, -0.2) is 0 Å². The second-order valence-corrected chi connectivity index (χ2v) is 7.14. The summed E-state index contributed by atoms with van der Waals surface area (Å²) in [6.45, 7) is 8.94. The van der Waals surface area contributed by atoms with E-state index in [1.807, 2.05) is 19.1 Å². The van der Waals surface area contributed by atoms with Crippen molar-refractivity contribution in [3.05, 3.63) is 28.6 Å². The topological polar surface area (TPSA) is 55.1 Å². The molecule has 3 N–H and O–H groups in total. The number of amides is 1. The Labute approximate surface area is 117 Å². The van der Waals surface area contributed by atoms with E-state index >= 15 is 0 Å². The molecule has 102 valence electrons. The summed E-state index contributed by atoms with van der Waals surface area (Å²) < 4.78 is 1.07. The quantitative estimate of drug-likeness (QED) is 0.881. The largest absolute Gasteiger partial charge is 0.397 e. The zero-order valence-corrected chi connectivity index (χ0v) is 12.6. The Hall–Kier alpha value is -1.55. The highest BCUT2D eigenvalue weighted by Crippen LogP contribution is 2.34. The summed E-state index contributed by atoms with van der Waals surface area (Å²) in [5, 5.41) is 3.92. The van der Waals surface area contributed by atoms with Gasteiger partial charge in [-0.3, -0.25) is 4.79 Å². The molecule has 0 saturated carbocycles. The summed E-state index contributed by atoms with van der Waals surface area (Å²) >= 11 is 1.46. The van der Waals surface area contributed by atoms with Crippen LogP contribution in [-0.4, -0.2) is 12.5 Å². The van der Waals surface area contributed by atoms with Crippen LogP contribution in [0.4, 0.5) is 5.69 Å². The maximum Gasteiger partial charge on any atom is 0.263 e. The first-order valence-electron chi connectivity index (χ1n) is 6.35. The van der Waals surface area contributed by atoms with Gasteiger partial charge in [0.05, 0.1) is 5.69 Å². The van der Waals surface area contributed by atoms with E-state index in [4.69, 9.17) is 5.73 Å². The van der Waals surface area contributed by atoms with Crippen molar-refractivity contribution >= 4 is 33.0 Å². The van der Waals surface area contributed by atoms with Crippen molar-refractivity contribution in [1.82, 2.24) is 5.32 Å². The summed E-state index contributed by atoms with van der Waals surface area (Å²) in [5.41, 5.74) is 7.91. The van der Waals surface area contributed by atoms with E-state index in [-0.39, 0.29) is 11.3 Å². The molecular weight excluding hydrogens is 256 g/mol. The van der Waals surface area contributed by atoms with Crippen LogP contribution in [0.2, 0.25) is 0 Å². The molecule has 2 aromatic rings. The number of carbonyl (C=O) groups excluding carboxylic acids is 1. The molecule has 0 aliphatic carbocycles. The normalized spacial score (nSPS) is 11.8.